The van der Waals surface area contributed by atoms with E-state index >= 15 is 0 Å². The second kappa shape index (κ2) is 6.80. The van der Waals surface area contributed by atoms with E-state index in [0.29, 0.717) is 0 Å². The van der Waals surface area contributed by atoms with Gasteiger partial charge < -0.3 is 0 Å². The van der Waals surface area contributed by atoms with Crippen LogP contribution < -0.4 is 0 Å². The van der Waals surface area contributed by atoms with Crippen molar-refractivity contribution in [1.29, 1.82) is 0 Å². The Labute approximate surface area is 143 Å². The van der Waals surface area contributed by atoms with Crippen molar-refractivity contribution in [2.75, 3.05) is 5.75 Å². The van der Waals surface area contributed by atoms with Crippen LogP contribution in [-0.4, -0.2) is 5.75 Å². The summed E-state index contributed by atoms with van der Waals surface area (Å²) < 4.78 is 0. The molecule has 3 rings (SSSR count). The standard InChI is InChI=1S/C22H23S/c1-22(2,3)19-11-13-20(14-12-19)23-16-15-18-9-6-8-17-7-4-5-10-21(17)18/h4-15H,16H2,1-3H3. The maximum Gasteiger partial charge on any atom is 0.00723 e. The maximum absolute atomic E-state index is 2.32. The van der Waals surface area contributed by atoms with Crippen molar-refractivity contribution in [1.82, 2.24) is 0 Å². The second-order valence-corrected chi connectivity index (χ2v) is 7.95. The van der Waals surface area contributed by atoms with Crippen LogP contribution in [0.15, 0.2) is 71.6 Å². The summed E-state index contributed by atoms with van der Waals surface area (Å²) in [4.78, 5) is 1.33. The molecule has 23 heavy (non-hydrogen) atoms. The molecule has 0 aliphatic rings. The maximum atomic E-state index is 2.32. The van der Waals surface area contributed by atoms with E-state index in [2.05, 4.69) is 93.9 Å². The molecule has 0 saturated carbocycles. The first-order valence-corrected chi connectivity index (χ1v) is 9.07. The molecule has 0 unspecified atom stereocenters. The first-order chi connectivity index (χ1) is 11.0. The van der Waals surface area contributed by atoms with Crippen molar-refractivity contribution in [3.8, 4) is 0 Å². The van der Waals surface area contributed by atoms with Gasteiger partial charge in [0.1, 0.15) is 0 Å². The Bertz CT molecular complexity index is 774. The van der Waals surface area contributed by atoms with E-state index in [-0.39, 0.29) is 5.41 Å². The predicted molar refractivity (Wildman–Crippen MR) is 103 cm³/mol. The first kappa shape index (κ1) is 16.1. The summed E-state index contributed by atoms with van der Waals surface area (Å²) in [5.41, 5.74) is 2.93. The fourth-order valence-electron chi connectivity index (χ4n) is 2.71. The molecule has 3 aromatic rings. The Balaban J connectivity index is 1.65. The van der Waals surface area contributed by atoms with E-state index in [4.69, 9.17) is 0 Å². The van der Waals surface area contributed by atoms with Gasteiger partial charge in [0.25, 0.3) is 0 Å². The number of hydrogen-bond donors (Lipinski definition) is 0. The molecule has 117 valence electrons. The van der Waals surface area contributed by atoms with Gasteiger partial charge in [-0.15, -0.1) is 11.8 Å². The number of fused-ring (bicyclic) bond motifs is 1. The van der Waals surface area contributed by atoms with Crippen LogP contribution in [0.25, 0.3) is 10.8 Å². The highest BCUT2D eigenvalue weighted by Crippen LogP contribution is 2.27. The molecular formula is C22H23S. The summed E-state index contributed by atoms with van der Waals surface area (Å²) in [6, 6.07) is 24.1. The molecule has 0 fully saturated rings. The summed E-state index contributed by atoms with van der Waals surface area (Å²) in [5, 5.41) is 2.64. The minimum absolute atomic E-state index is 0.221. The van der Waals surface area contributed by atoms with Crippen LogP contribution in [0.3, 0.4) is 0 Å². The van der Waals surface area contributed by atoms with E-state index in [0.717, 1.165) is 5.75 Å². The summed E-state index contributed by atoms with van der Waals surface area (Å²) in [5.74, 6) is 0.989. The fraction of sp³-hybridized carbons (Fsp3) is 0.227. The van der Waals surface area contributed by atoms with Gasteiger partial charge in [-0.1, -0.05) is 75.4 Å². The van der Waals surface area contributed by atoms with Gasteiger partial charge in [-0.25, -0.2) is 0 Å². The van der Waals surface area contributed by atoms with Crippen molar-refractivity contribution in [2.45, 2.75) is 31.1 Å². The van der Waals surface area contributed by atoms with Crippen LogP contribution >= 0.6 is 11.8 Å². The first-order valence-electron chi connectivity index (χ1n) is 8.08. The average Bonchev–Trinajstić information content (AvgIpc) is 2.55. The highest BCUT2D eigenvalue weighted by molar-refractivity contribution is 7.99. The van der Waals surface area contributed by atoms with Gasteiger partial charge in [0, 0.05) is 17.1 Å². The lowest BCUT2D eigenvalue weighted by molar-refractivity contribution is 0.590. The van der Waals surface area contributed by atoms with Gasteiger partial charge >= 0.3 is 0 Å². The molecule has 0 aliphatic carbocycles. The van der Waals surface area contributed by atoms with E-state index in [1.165, 1.54) is 26.8 Å². The molecule has 1 radical (unpaired) electrons. The zero-order chi connectivity index (χ0) is 16.3. The zero-order valence-corrected chi connectivity index (χ0v) is 14.9. The van der Waals surface area contributed by atoms with Gasteiger partial charge in [0.05, 0.1) is 0 Å². The fourth-order valence-corrected chi connectivity index (χ4v) is 3.49. The van der Waals surface area contributed by atoms with Crippen LogP contribution in [0.2, 0.25) is 0 Å². The third-order valence-corrected chi connectivity index (χ3v) is 5.04. The quantitative estimate of drug-likeness (QED) is 0.496. The molecule has 0 bridgehead atoms. The molecule has 1 heteroatoms. The summed E-state index contributed by atoms with van der Waals surface area (Å²) in [6.45, 7) is 6.76. The largest absolute Gasteiger partial charge is 0.126 e. The van der Waals surface area contributed by atoms with E-state index in [1.807, 2.05) is 11.8 Å². The summed E-state index contributed by atoms with van der Waals surface area (Å²) >= 11 is 1.89. The minimum Gasteiger partial charge on any atom is -0.126 e. The van der Waals surface area contributed by atoms with E-state index in [1.54, 1.807) is 0 Å². The van der Waals surface area contributed by atoms with Gasteiger partial charge in [-0.05, 0) is 39.4 Å². The second-order valence-electron chi connectivity index (χ2n) is 6.86. The highest BCUT2D eigenvalue weighted by Gasteiger charge is 2.12. The summed E-state index contributed by atoms with van der Waals surface area (Å²) in [7, 11) is 0. The molecule has 0 aromatic heterocycles. The van der Waals surface area contributed by atoms with Crippen molar-refractivity contribution in [3.05, 3.63) is 84.3 Å². The normalized spacial score (nSPS) is 11.8. The Morgan fingerprint density at radius 2 is 1.52 bits per heavy atom. The van der Waals surface area contributed by atoms with Crippen LogP contribution in [0.1, 0.15) is 31.9 Å². The van der Waals surface area contributed by atoms with Gasteiger partial charge in [-0.3, -0.25) is 0 Å². The van der Waals surface area contributed by atoms with Gasteiger partial charge in [0.2, 0.25) is 0 Å². The highest BCUT2D eigenvalue weighted by atomic mass is 32.2. The number of hydrogen-bond acceptors (Lipinski definition) is 1. The van der Waals surface area contributed by atoms with Gasteiger partial charge in [0.15, 0.2) is 0 Å². The SMILES string of the molecule is CC(C)(C)c1ccc(SC[CH]c2cccc3ccccc23)cc1. The molecule has 3 aromatic carbocycles. The van der Waals surface area contributed by atoms with Crippen LogP contribution in [0.4, 0.5) is 0 Å². The Morgan fingerprint density at radius 3 is 2.26 bits per heavy atom. The third kappa shape index (κ3) is 3.97. The Kier molecular flexibility index (Phi) is 4.77. The molecule has 0 aliphatic heterocycles. The topological polar surface area (TPSA) is 0 Å². The molecule has 0 atom stereocenters. The Morgan fingerprint density at radius 1 is 0.826 bits per heavy atom. The van der Waals surface area contributed by atoms with E-state index < -0.39 is 0 Å². The predicted octanol–water partition coefficient (Wildman–Crippen LogP) is 6.48. The lowest BCUT2D eigenvalue weighted by atomic mass is 9.87. The average molecular weight is 319 g/mol. The Hall–Kier alpha value is -1.73. The monoisotopic (exact) mass is 319 g/mol. The number of thioether (sulfide) groups is 1. The smallest absolute Gasteiger partial charge is 0.00723 e. The molecule has 0 saturated heterocycles. The molecular weight excluding hydrogens is 296 g/mol. The van der Waals surface area contributed by atoms with Crippen LogP contribution in [0.5, 0.6) is 0 Å². The van der Waals surface area contributed by atoms with Crippen LogP contribution in [-0.2, 0) is 5.41 Å². The van der Waals surface area contributed by atoms with Crippen molar-refractivity contribution < 1.29 is 0 Å². The lowest BCUT2D eigenvalue weighted by Gasteiger charge is -2.19. The summed E-state index contributed by atoms with van der Waals surface area (Å²) in [6.07, 6.45) is 2.32. The molecule has 0 N–H and O–H groups in total. The van der Waals surface area contributed by atoms with Crippen LogP contribution in [0, 0.1) is 6.42 Å². The lowest BCUT2D eigenvalue weighted by Crippen LogP contribution is -2.10. The minimum atomic E-state index is 0.221. The number of rotatable bonds is 4. The van der Waals surface area contributed by atoms with E-state index in [9.17, 15) is 0 Å². The molecule has 0 spiro atoms. The third-order valence-electron chi connectivity index (χ3n) is 4.10. The van der Waals surface area contributed by atoms with Crippen molar-refractivity contribution >= 4 is 22.5 Å². The number of benzene rings is 3. The zero-order valence-electron chi connectivity index (χ0n) is 14.0. The van der Waals surface area contributed by atoms with Crippen molar-refractivity contribution in [2.24, 2.45) is 0 Å². The molecule has 0 nitrogen and oxygen atoms in total. The molecule has 0 heterocycles. The molecule has 0 amide bonds. The van der Waals surface area contributed by atoms with Gasteiger partial charge in [-0.2, -0.15) is 0 Å². The van der Waals surface area contributed by atoms with Crippen molar-refractivity contribution in [3.63, 3.8) is 0 Å².